The van der Waals surface area contributed by atoms with E-state index in [-0.39, 0.29) is 5.92 Å². The van der Waals surface area contributed by atoms with Crippen molar-refractivity contribution in [3.05, 3.63) is 83.0 Å². The number of nitrogens with zero attached hydrogens (tertiary/aromatic N) is 2. The molecule has 3 heteroatoms. The van der Waals surface area contributed by atoms with Gasteiger partial charge in [0.1, 0.15) is 17.5 Å². The van der Waals surface area contributed by atoms with Crippen LogP contribution in [0.1, 0.15) is 28.2 Å². The van der Waals surface area contributed by atoms with Gasteiger partial charge in [-0.3, -0.25) is 0 Å². The number of nitriles is 1. The molecule has 0 saturated carbocycles. The lowest BCUT2D eigenvalue weighted by molar-refractivity contribution is 0.789. The van der Waals surface area contributed by atoms with Crippen LogP contribution in [0, 0.1) is 11.3 Å². The highest BCUT2D eigenvalue weighted by molar-refractivity contribution is 5.82. The fraction of sp³-hybridized carbons (Fsp3) is 0.100. The third-order valence-corrected chi connectivity index (χ3v) is 4.53. The number of fused-ring (bicyclic) bond motifs is 3. The van der Waals surface area contributed by atoms with Crippen molar-refractivity contribution in [1.29, 1.82) is 5.26 Å². The normalized spacial score (nSPS) is 15.3. The van der Waals surface area contributed by atoms with Crippen molar-refractivity contribution < 1.29 is 0 Å². The molecule has 0 amide bonds. The van der Waals surface area contributed by atoms with Crippen LogP contribution < -0.4 is 5.73 Å². The molecule has 3 aromatic rings. The molecule has 1 aromatic heterocycles. The Bertz CT molecular complexity index is 923. The van der Waals surface area contributed by atoms with E-state index in [1.165, 1.54) is 11.1 Å². The van der Waals surface area contributed by atoms with Crippen LogP contribution in [-0.2, 0) is 6.42 Å². The predicted molar refractivity (Wildman–Crippen MR) is 90.8 cm³/mol. The summed E-state index contributed by atoms with van der Waals surface area (Å²) >= 11 is 0. The molecule has 4 rings (SSSR count). The Labute approximate surface area is 135 Å². The molecule has 23 heavy (non-hydrogen) atoms. The molecule has 0 fully saturated rings. The second-order valence-corrected chi connectivity index (χ2v) is 5.79. The molecule has 1 heterocycles. The highest BCUT2D eigenvalue weighted by Crippen LogP contribution is 2.44. The summed E-state index contributed by atoms with van der Waals surface area (Å²) in [6.45, 7) is 0. The second kappa shape index (κ2) is 5.26. The lowest BCUT2D eigenvalue weighted by Gasteiger charge is -2.28. The molecule has 1 atom stereocenters. The number of aromatic nitrogens is 1. The van der Waals surface area contributed by atoms with Crippen LogP contribution in [0.25, 0.3) is 11.1 Å². The first-order valence-electron chi connectivity index (χ1n) is 7.61. The van der Waals surface area contributed by atoms with Gasteiger partial charge in [0.2, 0.25) is 0 Å². The first-order chi connectivity index (χ1) is 11.3. The van der Waals surface area contributed by atoms with E-state index in [1.807, 2.05) is 18.3 Å². The molecular formula is C20H15N3. The van der Waals surface area contributed by atoms with E-state index >= 15 is 0 Å². The number of benzene rings is 2. The van der Waals surface area contributed by atoms with Gasteiger partial charge in [-0.15, -0.1) is 0 Å². The molecule has 0 bridgehead atoms. The summed E-state index contributed by atoms with van der Waals surface area (Å²) in [5, 5.41) is 9.51. The second-order valence-electron chi connectivity index (χ2n) is 5.79. The zero-order valence-electron chi connectivity index (χ0n) is 12.5. The van der Waals surface area contributed by atoms with Gasteiger partial charge in [0.05, 0.1) is 0 Å². The largest absolute Gasteiger partial charge is 0.383 e. The van der Waals surface area contributed by atoms with Gasteiger partial charge in [-0.2, -0.15) is 5.26 Å². The van der Waals surface area contributed by atoms with Crippen molar-refractivity contribution in [2.45, 2.75) is 12.3 Å². The fourth-order valence-electron chi connectivity index (χ4n) is 3.48. The van der Waals surface area contributed by atoms with E-state index in [0.717, 1.165) is 23.1 Å². The van der Waals surface area contributed by atoms with E-state index in [2.05, 4.69) is 53.5 Å². The zero-order valence-corrected chi connectivity index (χ0v) is 12.5. The molecule has 0 spiro atoms. The Hall–Kier alpha value is -3.12. The Kier molecular flexibility index (Phi) is 3.09. The van der Waals surface area contributed by atoms with Crippen LogP contribution in [0.3, 0.4) is 0 Å². The molecule has 0 aliphatic heterocycles. The number of nitrogens with two attached hydrogens (primary N) is 1. The summed E-state index contributed by atoms with van der Waals surface area (Å²) in [6.07, 6.45) is 2.65. The minimum absolute atomic E-state index is 0.275. The van der Waals surface area contributed by atoms with Crippen molar-refractivity contribution in [3.63, 3.8) is 0 Å². The number of anilines is 1. The van der Waals surface area contributed by atoms with Crippen LogP contribution in [0.5, 0.6) is 0 Å². The summed E-state index contributed by atoms with van der Waals surface area (Å²) in [5.74, 6) is 0.580. The van der Waals surface area contributed by atoms with Crippen LogP contribution >= 0.6 is 0 Å². The number of hydrogen-bond donors (Lipinski definition) is 1. The van der Waals surface area contributed by atoms with E-state index in [9.17, 15) is 5.26 Å². The van der Waals surface area contributed by atoms with Crippen LogP contribution in [0.15, 0.2) is 60.8 Å². The van der Waals surface area contributed by atoms with E-state index < -0.39 is 0 Å². The Morgan fingerprint density at radius 1 is 1.04 bits per heavy atom. The summed E-state index contributed by atoms with van der Waals surface area (Å²) in [7, 11) is 0. The number of hydrogen-bond acceptors (Lipinski definition) is 3. The van der Waals surface area contributed by atoms with Gasteiger partial charge in [0, 0.05) is 17.7 Å². The van der Waals surface area contributed by atoms with Gasteiger partial charge < -0.3 is 5.73 Å². The maximum atomic E-state index is 9.51. The summed E-state index contributed by atoms with van der Waals surface area (Å²) in [5.41, 5.74) is 12.1. The molecule has 2 aromatic carbocycles. The minimum atomic E-state index is 0.275. The third kappa shape index (κ3) is 2.08. The van der Waals surface area contributed by atoms with Crippen molar-refractivity contribution in [3.8, 4) is 17.2 Å². The van der Waals surface area contributed by atoms with Crippen LogP contribution in [-0.4, -0.2) is 4.98 Å². The monoisotopic (exact) mass is 297 g/mol. The van der Waals surface area contributed by atoms with Gasteiger partial charge >= 0.3 is 0 Å². The fourth-order valence-corrected chi connectivity index (χ4v) is 3.48. The minimum Gasteiger partial charge on any atom is -0.383 e. The quantitative estimate of drug-likeness (QED) is 0.741. The first-order valence-corrected chi connectivity index (χ1v) is 7.61. The maximum absolute atomic E-state index is 9.51. The van der Waals surface area contributed by atoms with E-state index in [4.69, 9.17) is 5.73 Å². The molecule has 1 aliphatic carbocycles. The van der Waals surface area contributed by atoms with Crippen molar-refractivity contribution in [1.82, 2.24) is 4.98 Å². The molecular weight excluding hydrogens is 282 g/mol. The van der Waals surface area contributed by atoms with E-state index in [0.29, 0.717) is 11.4 Å². The van der Waals surface area contributed by atoms with Gasteiger partial charge in [-0.05, 0) is 28.7 Å². The number of rotatable bonds is 1. The third-order valence-electron chi connectivity index (χ3n) is 4.53. The zero-order chi connectivity index (χ0) is 15.8. The molecule has 0 radical (unpaired) electrons. The molecule has 0 saturated heterocycles. The Morgan fingerprint density at radius 2 is 1.78 bits per heavy atom. The van der Waals surface area contributed by atoms with Crippen LogP contribution in [0.2, 0.25) is 0 Å². The van der Waals surface area contributed by atoms with Crippen LogP contribution in [0.4, 0.5) is 5.82 Å². The van der Waals surface area contributed by atoms with Gasteiger partial charge in [-0.25, -0.2) is 4.98 Å². The van der Waals surface area contributed by atoms with Crippen molar-refractivity contribution in [2.75, 3.05) is 5.73 Å². The SMILES string of the molecule is N#Cc1c(N)ncc2c1-c1ccccc1C(c1ccccc1)C2. The molecule has 110 valence electrons. The molecule has 2 N–H and O–H groups in total. The van der Waals surface area contributed by atoms with E-state index in [1.54, 1.807) is 0 Å². The number of pyridine rings is 1. The average Bonchev–Trinajstić information content (AvgIpc) is 2.62. The molecule has 1 unspecified atom stereocenters. The summed E-state index contributed by atoms with van der Waals surface area (Å²) in [6, 6.07) is 21.0. The lowest BCUT2D eigenvalue weighted by Crippen LogP contribution is -2.15. The average molecular weight is 297 g/mol. The maximum Gasteiger partial charge on any atom is 0.141 e. The summed E-state index contributed by atoms with van der Waals surface area (Å²) in [4.78, 5) is 4.22. The highest BCUT2D eigenvalue weighted by Gasteiger charge is 2.28. The number of nitrogen functional groups attached to an aromatic ring is 1. The Balaban J connectivity index is 1.99. The standard InChI is InChI=1S/C20H15N3/c21-11-18-19-14(12-23-20(18)22)10-17(13-6-2-1-3-7-13)15-8-4-5-9-16(15)19/h1-9,12,17H,10H2,(H2,22,23). The predicted octanol–water partition coefficient (Wildman–Crippen LogP) is 3.89. The molecule has 1 aliphatic rings. The molecule has 3 nitrogen and oxygen atoms in total. The Morgan fingerprint density at radius 3 is 2.57 bits per heavy atom. The topological polar surface area (TPSA) is 62.7 Å². The smallest absolute Gasteiger partial charge is 0.141 e. The first kappa shape index (κ1) is 13.5. The van der Waals surface area contributed by atoms with Crippen molar-refractivity contribution in [2.24, 2.45) is 0 Å². The highest BCUT2D eigenvalue weighted by atomic mass is 14.8. The summed E-state index contributed by atoms with van der Waals surface area (Å²) < 4.78 is 0. The van der Waals surface area contributed by atoms with Crippen molar-refractivity contribution >= 4 is 5.82 Å². The van der Waals surface area contributed by atoms with Gasteiger partial charge in [0.25, 0.3) is 0 Å². The van der Waals surface area contributed by atoms with Gasteiger partial charge in [-0.1, -0.05) is 54.6 Å². The van der Waals surface area contributed by atoms with Gasteiger partial charge in [0.15, 0.2) is 0 Å². The lowest BCUT2D eigenvalue weighted by atomic mass is 9.75.